The number of para-hydroxylation sites is 3. The van der Waals surface area contributed by atoms with Gasteiger partial charge in [-0.05, 0) is 48.6 Å². The van der Waals surface area contributed by atoms with Crippen LogP contribution in [0.1, 0.15) is 10.5 Å². The van der Waals surface area contributed by atoms with Crippen molar-refractivity contribution in [1.82, 2.24) is 20.6 Å². The highest BCUT2D eigenvalue weighted by molar-refractivity contribution is 7.80. The monoisotopic (exact) mass is 453 g/mol. The zero-order valence-electron chi connectivity index (χ0n) is 17.4. The van der Waals surface area contributed by atoms with E-state index in [0.717, 1.165) is 22.3 Å². The average Bonchev–Trinajstić information content (AvgIpc) is 3.48. The molecule has 3 aromatic carbocycles. The molecule has 0 atom stereocenters. The van der Waals surface area contributed by atoms with Gasteiger partial charge in [-0.2, -0.15) is 5.10 Å². The van der Waals surface area contributed by atoms with Crippen molar-refractivity contribution >= 4 is 39.9 Å². The van der Waals surface area contributed by atoms with E-state index in [1.807, 2.05) is 91.0 Å². The summed E-state index contributed by atoms with van der Waals surface area (Å²) in [6.45, 7) is 0. The second kappa shape index (κ2) is 8.97. The van der Waals surface area contributed by atoms with Gasteiger partial charge >= 0.3 is 0 Å². The van der Waals surface area contributed by atoms with Crippen molar-refractivity contribution in [3.63, 3.8) is 0 Å². The topological polar surface area (TPSA) is 84.1 Å². The standard InChI is InChI=1S/C25H19N5O2S/c31-24(27-28-25(33)26-18-10-3-1-4-11-18)20-16-21(30(29-20)19-12-5-2-6-13-19)23-15-17-9-7-8-14-22(17)32-23/h1-16H,(H,27,31)(H2,26,28,33). The number of hydrogen-bond acceptors (Lipinski definition) is 4. The fourth-order valence-electron chi connectivity index (χ4n) is 3.40. The molecule has 0 radical (unpaired) electrons. The fraction of sp³-hybridized carbons (Fsp3) is 0. The molecule has 0 spiro atoms. The smallest absolute Gasteiger partial charge is 0.290 e. The highest BCUT2D eigenvalue weighted by Gasteiger charge is 2.19. The van der Waals surface area contributed by atoms with E-state index in [9.17, 15) is 4.79 Å². The van der Waals surface area contributed by atoms with Crippen LogP contribution in [0.15, 0.2) is 101 Å². The van der Waals surface area contributed by atoms with Gasteiger partial charge in [0.05, 0.1) is 5.69 Å². The van der Waals surface area contributed by atoms with Crippen molar-refractivity contribution in [2.24, 2.45) is 0 Å². The molecule has 0 fully saturated rings. The summed E-state index contributed by atoms with van der Waals surface area (Å²) < 4.78 is 7.72. The zero-order valence-corrected chi connectivity index (χ0v) is 18.2. The molecule has 0 bridgehead atoms. The molecule has 162 valence electrons. The summed E-state index contributed by atoms with van der Waals surface area (Å²) in [4.78, 5) is 12.8. The summed E-state index contributed by atoms with van der Waals surface area (Å²) in [7, 11) is 0. The minimum atomic E-state index is -0.431. The van der Waals surface area contributed by atoms with Gasteiger partial charge in [0.1, 0.15) is 11.3 Å². The molecule has 0 aliphatic rings. The fourth-order valence-corrected chi connectivity index (χ4v) is 3.57. The first-order valence-corrected chi connectivity index (χ1v) is 10.6. The van der Waals surface area contributed by atoms with E-state index in [1.54, 1.807) is 10.7 Å². The average molecular weight is 454 g/mol. The number of amides is 1. The number of fused-ring (bicyclic) bond motifs is 1. The Morgan fingerprint density at radius 2 is 1.55 bits per heavy atom. The Kier molecular flexibility index (Phi) is 5.57. The van der Waals surface area contributed by atoms with Gasteiger partial charge in [0.2, 0.25) is 0 Å². The Morgan fingerprint density at radius 1 is 0.848 bits per heavy atom. The lowest BCUT2D eigenvalue weighted by Gasteiger charge is -2.10. The van der Waals surface area contributed by atoms with Crippen LogP contribution in [0.5, 0.6) is 0 Å². The van der Waals surface area contributed by atoms with Crippen LogP contribution in [-0.2, 0) is 0 Å². The molecule has 0 saturated carbocycles. The third-order valence-electron chi connectivity index (χ3n) is 4.94. The van der Waals surface area contributed by atoms with Gasteiger partial charge in [-0.1, -0.05) is 54.6 Å². The first-order chi connectivity index (χ1) is 16.2. The minimum absolute atomic E-state index is 0.212. The molecule has 2 aromatic heterocycles. The van der Waals surface area contributed by atoms with Crippen molar-refractivity contribution in [1.29, 1.82) is 0 Å². The van der Waals surface area contributed by atoms with Gasteiger partial charge in [-0.25, -0.2) is 4.68 Å². The zero-order chi connectivity index (χ0) is 22.6. The number of thiocarbonyl (C=S) groups is 1. The molecule has 33 heavy (non-hydrogen) atoms. The maximum Gasteiger partial charge on any atom is 0.290 e. The van der Waals surface area contributed by atoms with Crippen LogP contribution in [-0.4, -0.2) is 20.8 Å². The molecule has 0 unspecified atom stereocenters. The first kappa shape index (κ1) is 20.5. The summed E-state index contributed by atoms with van der Waals surface area (Å²) in [5, 5.41) is 8.76. The summed E-state index contributed by atoms with van der Waals surface area (Å²) in [5.41, 5.74) is 8.55. The Hall–Kier alpha value is -4.43. The number of furan rings is 1. The Labute approximate surface area is 195 Å². The number of hydrazine groups is 1. The highest BCUT2D eigenvalue weighted by Crippen LogP contribution is 2.30. The van der Waals surface area contributed by atoms with Gasteiger partial charge in [-0.15, -0.1) is 0 Å². The molecule has 5 aromatic rings. The maximum atomic E-state index is 12.8. The van der Waals surface area contributed by atoms with E-state index in [0.29, 0.717) is 11.5 Å². The van der Waals surface area contributed by atoms with E-state index < -0.39 is 5.91 Å². The number of carbonyl (C=O) groups excluding carboxylic acids is 1. The second-order valence-corrected chi connectivity index (χ2v) is 7.62. The van der Waals surface area contributed by atoms with Gasteiger partial charge < -0.3 is 9.73 Å². The summed E-state index contributed by atoms with van der Waals surface area (Å²) in [5.74, 6) is 0.181. The minimum Gasteiger partial charge on any atom is -0.454 e. The van der Waals surface area contributed by atoms with Crippen LogP contribution in [0.2, 0.25) is 0 Å². The number of hydrogen-bond donors (Lipinski definition) is 3. The molecule has 0 saturated heterocycles. The molecular formula is C25H19N5O2S. The summed E-state index contributed by atoms with van der Waals surface area (Å²) in [6.07, 6.45) is 0. The third kappa shape index (κ3) is 4.46. The van der Waals surface area contributed by atoms with Crippen molar-refractivity contribution in [3.05, 3.63) is 103 Å². The van der Waals surface area contributed by atoms with E-state index >= 15 is 0 Å². The molecule has 1 amide bonds. The third-order valence-corrected chi connectivity index (χ3v) is 5.15. The van der Waals surface area contributed by atoms with E-state index in [4.69, 9.17) is 16.6 Å². The van der Waals surface area contributed by atoms with E-state index in [2.05, 4.69) is 21.3 Å². The quantitative estimate of drug-likeness (QED) is 0.265. The Morgan fingerprint density at radius 3 is 2.30 bits per heavy atom. The lowest BCUT2D eigenvalue weighted by Crippen LogP contribution is -2.43. The van der Waals surface area contributed by atoms with Crippen molar-refractivity contribution in [3.8, 4) is 17.1 Å². The molecule has 0 aliphatic carbocycles. The van der Waals surface area contributed by atoms with Crippen LogP contribution >= 0.6 is 12.2 Å². The van der Waals surface area contributed by atoms with Gasteiger partial charge in [0.25, 0.3) is 5.91 Å². The summed E-state index contributed by atoms with van der Waals surface area (Å²) >= 11 is 5.25. The largest absolute Gasteiger partial charge is 0.454 e. The number of nitrogens with zero attached hydrogens (tertiary/aromatic N) is 2. The molecule has 3 N–H and O–H groups in total. The van der Waals surface area contributed by atoms with Crippen molar-refractivity contribution < 1.29 is 9.21 Å². The molecule has 7 nitrogen and oxygen atoms in total. The van der Waals surface area contributed by atoms with Crippen molar-refractivity contribution in [2.45, 2.75) is 0 Å². The molecule has 8 heteroatoms. The molecule has 0 aliphatic heterocycles. The summed E-state index contributed by atoms with van der Waals surface area (Å²) in [6, 6.07) is 30.4. The predicted octanol–water partition coefficient (Wildman–Crippen LogP) is 4.92. The van der Waals surface area contributed by atoms with E-state index in [1.165, 1.54) is 0 Å². The number of benzene rings is 3. The number of rotatable bonds is 4. The number of aromatic nitrogens is 2. The Balaban J connectivity index is 1.41. The molecule has 5 rings (SSSR count). The van der Waals surface area contributed by atoms with Gasteiger partial charge in [-0.3, -0.25) is 15.6 Å². The van der Waals surface area contributed by atoms with Crippen LogP contribution in [0.3, 0.4) is 0 Å². The SMILES string of the molecule is O=C(NNC(=S)Nc1ccccc1)c1cc(-c2cc3ccccc3o2)n(-c2ccccc2)n1. The number of carbonyl (C=O) groups is 1. The number of nitrogens with one attached hydrogen (secondary N) is 3. The second-order valence-electron chi connectivity index (χ2n) is 7.21. The normalized spacial score (nSPS) is 10.7. The van der Waals surface area contributed by atoms with Crippen LogP contribution in [0, 0.1) is 0 Å². The van der Waals surface area contributed by atoms with Crippen LogP contribution < -0.4 is 16.2 Å². The molecular weight excluding hydrogens is 434 g/mol. The lowest BCUT2D eigenvalue weighted by atomic mass is 10.2. The first-order valence-electron chi connectivity index (χ1n) is 10.2. The lowest BCUT2D eigenvalue weighted by molar-refractivity contribution is 0.0938. The number of anilines is 1. The predicted molar refractivity (Wildman–Crippen MR) is 132 cm³/mol. The maximum absolute atomic E-state index is 12.8. The molecule has 2 heterocycles. The van der Waals surface area contributed by atoms with Crippen LogP contribution in [0.4, 0.5) is 5.69 Å². The van der Waals surface area contributed by atoms with E-state index in [-0.39, 0.29) is 10.8 Å². The van der Waals surface area contributed by atoms with Crippen molar-refractivity contribution in [2.75, 3.05) is 5.32 Å². The Bertz CT molecular complexity index is 1390. The van der Waals surface area contributed by atoms with Gasteiger partial charge in [0, 0.05) is 17.1 Å². The van der Waals surface area contributed by atoms with Crippen LogP contribution in [0.25, 0.3) is 28.1 Å². The highest BCUT2D eigenvalue weighted by atomic mass is 32.1. The van der Waals surface area contributed by atoms with Gasteiger partial charge in [0.15, 0.2) is 16.6 Å².